The van der Waals surface area contributed by atoms with Crippen LogP contribution in [0.3, 0.4) is 0 Å². The molecule has 5 nitrogen and oxygen atoms in total. The Balaban J connectivity index is 2.29. The molecule has 2 rings (SSSR count). The number of nitrogens with zero attached hydrogens (tertiary/aromatic N) is 2. The minimum atomic E-state index is -0.400. The zero-order valence-corrected chi connectivity index (χ0v) is 13.3. The van der Waals surface area contributed by atoms with Crippen LogP contribution in [0.1, 0.15) is 22.7 Å². The van der Waals surface area contributed by atoms with E-state index in [4.69, 9.17) is 4.42 Å². The van der Waals surface area contributed by atoms with E-state index in [0.717, 1.165) is 22.7 Å². The Morgan fingerprint density at radius 1 is 1.52 bits per heavy atom. The van der Waals surface area contributed by atoms with Crippen LogP contribution in [-0.4, -0.2) is 17.0 Å². The molecule has 1 N–H and O–H groups in total. The summed E-state index contributed by atoms with van der Waals surface area (Å²) in [5, 5.41) is 11.8. The fraction of sp³-hybridized carbons (Fsp3) is 0.222. The van der Waals surface area contributed by atoms with Crippen molar-refractivity contribution >= 4 is 12.0 Å². The number of nitrogens with one attached hydrogen (secondary N) is 1. The molecule has 2 aromatic heterocycles. The lowest BCUT2D eigenvalue weighted by Gasteiger charge is -2.07. The molecule has 2 heterocycles. The van der Waals surface area contributed by atoms with Gasteiger partial charge in [0.2, 0.25) is 0 Å². The van der Waals surface area contributed by atoms with Gasteiger partial charge in [0, 0.05) is 17.9 Å². The zero-order valence-electron chi connectivity index (χ0n) is 13.3. The topological polar surface area (TPSA) is 71.0 Å². The van der Waals surface area contributed by atoms with E-state index in [2.05, 4.69) is 16.5 Å². The predicted octanol–water partition coefficient (Wildman–Crippen LogP) is 2.96. The lowest BCUT2D eigenvalue weighted by Crippen LogP contribution is -2.24. The fourth-order valence-electron chi connectivity index (χ4n) is 2.34. The highest BCUT2D eigenvalue weighted by molar-refractivity contribution is 6.01. The van der Waals surface area contributed by atoms with Gasteiger partial charge in [-0.2, -0.15) is 5.26 Å². The molecule has 1 amide bonds. The normalized spacial score (nSPS) is 11.1. The Morgan fingerprint density at radius 2 is 2.30 bits per heavy atom. The molecule has 0 aliphatic heterocycles. The van der Waals surface area contributed by atoms with Gasteiger partial charge in [-0.1, -0.05) is 6.08 Å². The molecule has 0 atom stereocenters. The van der Waals surface area contributed by atoms with Crippen molar-refractivity contribution < 1.29 is 9.21 Å². The SMILES string of the molecule is C=CCNC(=O)/C(C#N)=C/c1cc(C)n(Cc2ccco2)c1C. The maximum absolute atomic E-state index is 11.9. The van der Waals surface area contributed by atoms with E-state index in [1.54, 1.807) is 18.4 Å². The number of carbonyl (C=O) groups excluding carboxylic acids is 1. The van der Waals surface area contributed by atoms with Crippen molar-refractivity contribution in [2.75, 3.05) is 6.54 Å². The molecule has 0 aliphatic carbocycles. The minimum Gasteiger partial charge on any atom is -0.467 e. The molecule has 0 saturated carbocycles. The van der Waals surface area contributed by atoms with Gasteiger partial charge in [0.25, 0.3) is 5.91 Å². The lowest BCUT2D eigenvalue weighted by molar-refractivity contribution is -0.116. The summed E-state index contributed by atoms with van der Waals surface area (Å²) in [6, 6.07) is 7.67. The number of carbonyl (C=O) groups is 1. The first-order chi connectivity index (χ1) is 11.1. The Bertz CT molecular complexity index is 774. The van der Waals surface area contributed by atoms with E-state index >= 15 is 0 Å². The molecule has 0 aromatic carbocycles. The second-order valence-corrected chi connectivity index (χ2v) is 5.16. The van der Waals surface area contributed by atoms with E-state index in [0.29, 0.717) is 13.1 Å². The maximum Gasteiger partial charge on any atom is 0.262 e. The van der Waals surface area contributed by atoms with Gasteiger partial charge in [-0.3, -0.25) is 4.79 Å². The average molecular weight is 309 g/mol. The van der Waals surface area contributed by atoms with Crippen LogP contribution < -0.4 is 5.32 Å². The van der Waals surface area contributed by atoms with Gasteiger partial charge in [-0.15, -0.1) is 6.58 Å². The standard InChI is InChI=1S/C18H19N3O2/c1-4-7-20-18(22)16(11-19)10-15-9-13(2)21(14(15)3)12-17-6-5-8-23-17/h4-6,8-10H,1,7,12H2,2-3H3,(H,20,22)/b16-10+. The molecule has 0 saturated heterocycles. The van der Waals surface area contributed by atoms with E-state index in [9.17, 15) is 10.1 Å². The van der Waals surface area contributed by atoms with Crippen molar-refractivity contribution in [2.45, 2.75) is 20.4 Å². The Kier molecular flexibility index (Phi) is 5.21. The molecule has 23 heavy (non-hydrogen) atoms. The zero-order chi connectivity index (χ0) is 16.8. The van der Waals surface area contributed by atoms with Gasteiger partial charge >= 0.3 is 0 Å². The number of hydrogen-bond donors (Lipinski definition) is 1. The number of aryl methyl sites for hydroxylation is 1. The molecule has 0 unspecified atom stereocenters. The summed E-state index contributed by atoms with van der Waals surface area (Å²) < 4.78 is 7.46. The third-order valence-corrected chi connectivity index (χ3v) is 3.58. The summed E-state index contributed by atoms with van der Waals surface area (Å²) in [6.45, 7) is 8.42. The smallest absolute Gasteiger partial charge is 0.262 e. The van der Waals surface area contributed by atoms with Crippen LogP contribution in [0.4, 0.5) is 0 Å². The van der Waals surface area contributed by atoms with Crippen LogP contribution in [0.5, 0.6) is 0 Å². The first-order valence-electron chi connectivity index (χ1n) is 7.26. The molecule has 0 radical (unpaired) electrons. The van der Waals surface area contributed by atoms with Gasteiger partial charge < -0.3 is 14.3 Å². The largest absolute Gasteiger partial charge is 0.467 e. The van der Waals surface area contributed by atoms with Crippen molar-refractivity contribution in [3.05, 3.63) is 65.4 Å². The van der Waals surface area contributed by atoms with Gasteiger partial charge in [0.1, 0.15) is 17.4 Å². The minimum absolute atomic E-state index is 0.0742. The van der Waals surface area contributed by atoms with Crippen LogP contribution in [0.25, 0.3) is 6.08 Å². The fourth-order valence-corrected chi connectivity index (χ4v) is 2.34. The number of furan rings is 1. The molecule has 0 fully saturated rings. The maximum atomic E-state index is 11.9. The van der Waals surface area contributed by atoms with Gasteiger partial charge in [0.05, 0.1) is 12.8 Å². The summed E-state index contributed by atoms with van der Waals surface area (Å²) in [7, 11) is 0. The predicted molar refractivity (Wildman–Crippen MR) is 88.5 cm³/mol. The third kappa shape index (κ3) is 3.80. The van der Waals surface area contributed by atoms with Crippen molar-refractivity contribution in [1.29, 1.82) is 5.26 Å². The highest BCUT2D eigenvalue weighted by Gasteiger charge is 2.13. The molecule has 118 valence electrons. The van der Waals surface area contributed by atoms with E-state index in [1.165, 1.54) is 0 Å². The van der Waals surface area contributed by atoms with E-state index in [1.807, 2.05) is 38.1 Å². The van der Waals surface area contributed by atoms with E-state index < -0.39 is 5.91 Å². The number of hydrogen-bond acceptors (Lipinski definition) is 3. The van der Waals surface area contributed by atoms with Crippen LogP contribution in [-0.2, 0) is 11.3 Å². The van der Waals surface area contributed by atoms with Crippen molar-refractivity contribution in [1.82, 2.24) is 9.88 Å². The van der Waals surface area contributed by atoms with Crippen molar-refractivity contribution in [3.63, 3.8) is 0 Å². The number of nitriles is 1. The quantitative estimate of drug-likeness (QED) is 0.506. The van der Waals surface area contributed by atoms with E-state index in [-0.39, 0.29) is 5.57 Å². The lowest BCUT2D eigenvalue weighted by atomic mass is 10.1. The highest BCUT2D eigenvalue weighted by atomic mass is 16.3. The Labute approximate surface area is 135 Å². The molecule has 0 spiro atoms. The van der Waals surface area contributed by atoms with Crippen LogP contribution in [0.15, 0.2) is 47.1 Å². The summed E-state index contributed by atoms with van der Waals surface area (Å²) in [5.41, 5.74) is 2.93. The van der Waals surface area contributed by atoms with Crippen molar-refractivity contribution in [2.24, 2.45) is 0 Å². The molecule has 0 bridgehead atoms. The first-order valence-corrected chi connectivity index (χ1v) is 7.26. The van der Waals surface area contributed by atoms with Gasteiger partial charge in [-0.05, 0) is 43.7 Å². The molecular formula is C18H19N3O2. The molecule has 2 aromatic rings. The second-order valence-electron chi connectivity index (χ2n) is 5.16. The average Bonchev–Trinajstić information content (AvgIpc) is 3.14. The summed E-state index contributed by atoms with van der Waals surface area (Å²) in [4.78, 5) is 11.9. The number of aromatic nitrogens is 1. The summed E-state index contributed by atoms with van der Waals surface area (Å²) >= 11 is 0. The van der Waals surface area contributed by atoms with Crippen LogP contribution in [0.2, 0.25) is 0 Å². The number of rotatable bonds is 6. The van der Waals surface area contributed by atoms with Gasteiger partial charge in [0.15, 0.2) is 0 Å². The Hall–Kier alpha value is -3.00. The summed E-state index contributed by atoms with van der Waals surface area (Å²) in [5.74, 6) is 0.454. The third-order valence-electron chi connectivity index (χ3n) is 3.58. The summed E-state index contributed by atoms with van der Waals surface area (Å²) in [6.07, 6.45) is 4.82. The van der Waals surface area contributed by atoms with Crippen LogP contribution >= 0.6 is 0 Å². The van der Waals surface area contributed by atoms with Crippen molar-refractivity contribution in [3.8, 4) is 6.07 Å². The van der Waals surface area contributed by atoms with Gasteiger partial charge in [-0.25, -0.2) is 0 Å². The molecular weight excluding hydrogens is 290 g/mol. The number of amides is 1. The first kappa shape index (κ1) is 16.4. The highest BCUT2D eigenvalue weighted by Crippen LogP contribution is 2.20. The van der Waals surface area contributed by atoms with Crippen LogP contribution in [0, 0.1) is 25.2 Å². The monoisotopic (exact) mass is 309 g/mol. The second kappa shape index (κ2) is 7.32. The molecule has 0 aliphatic rings. The Morgan fingerprint density at radius 3 is 2.91 bits per heavy atom. The molecule has 5 heteroatoms.